The highest BCUT2D eigenvalue weighted by Gasteiger charge is 2.38. The molecule has 1 aromatic heterocycles. The van der Waals surface area contributed by atoms with Crippen LogP contribution < -0.4 is 19.7 Å². The molecule has 0 atom stereocenters. The Bertz CT molecular complexity index is 984. The van der Waals surface area contributed by atoms with Crippen LogP contribution in [0, 0.1) is 0 Å². The Labute approximate surface area is 188 Å². The van der Waals surface area contributed by atoms with E-state index in [1.165, 1.54) is 22.7 Å². The van der Waals surface area contributed by atoms with Gasteiger partial charge in [-0.2, -0.15) is 0 Å². The topological polar surface area (TPSA) is 87.7 Å². The van der Waals surface area contributed by atoms with E-state index >= 15 is 0 Å². The second-order valence-electron chi connectivity index (χ2n) is 9.25. The molecular formula is C22H31N3O4S2. The van der Waals surface area contributed by atoms with E-state index in [2.05, 4.69) is 38.3 Å². The summed E-state index contributed by atoms with van der Waals surface area (Å²) in [6.45, 7) is 8.47. The Morgan fingerprint density at radius 2 is 1.77 bits per heavy atom. The van der Waals surface area contributed by atoms with Crippen LogP contribution >= 0.6 is 11.3 Å². The number of nitrogens with one attached hydrogen (secondary N) is 2. The van der Waals surface area contributed by atoms with E-state index in [1.807, 2.05) is 0 Å². The molecule has 1 saturated heterocycles. The van der Waals surface area contributed by atoms with E-state index in [0.29, 0.717) is 11.4 Å². The maximum Gasteiger partial charge on any atom is 0.273 e. The zero-order valence-corrected chi connectivity index (χ0v) is 20.3. The van der Waals surface area contributed by atoms with Gasteiger partial charge in [0.2, 0.25) is 0 Å². The van der Waals surface area contributed by atoms with Crippen LogP contribution in [0.15, 0.2) is 46.0 Å². The molecule has 2 N–H and O–H groups in total. The van der Waals surface area contributed by atoms with Crippen molar-refractivity contribution in [2.24, 2.45) is 0 Å². The van der Waals surface area contributed by atoms with E-state index in [4.69, 9.17) is 4.74 Å². The predicted molar refractivity (Wildman–Crippen MR) is 124 cm³/mol. The largest absolute Gasteiger partial charge is 0.484 e. The third-order valence-corrected chi connectivity index (χ3v) is 8.39. The van der Waals surface area contributed by atoms with Gasteiger partial charge in [-0.1, -0.05) is 6.07 Å². The number of carbonyl (C=O) groups excluding carboxylic acids is 1. The maximum absolute atomic E-state index is 12.6. The van der Waals surface area contributed by atoms with Gasteiger partial charge in [0.15, 0.2) is 6.61 Å². The number of hydrogen-bond acceptors (Lipinski definition) is 6. The Balaban J connectivity index is 1.55. The standard InChI is InChI=1S/C22H31N3O4S2/c1-21(2)13-16(14-22(3,4)24-21)23-19(26)15-29-18-10-8-17(9-11-18)25(5)31(27,28)20-7-6-12-30-20/h6-12,16,24H,13-15H2,1-5H3,(H,23,26). The van der Waals surface area contributed by atoms with Crippen molar-refractivity contribution in [3.8, 4) is 5.75 Å². The Hall–Kier alpha value is -2.10. The second kappa shape index (κ2) is 8.80. The molecule has 2 heterocycles. The third kappa shape index (κ3) is 5.99. The molecular weight excluding hydrogens is 434 g/mol. The first-order chi connectivity index (χ1) is 14.4. The number of sulfonamides is 1. The molecule has 0 radical (unpaired) electrons. The summed E-state index contributed by atoms with van der Waals surface area (Å²) in [7, 11) is -2.07. The molecule has 0 bridgehead atoms. The highest BCUT2D eigenvalue weighted by Crippen LogP contribution is 2.29. The summed E-state index contributed by atoms with van der Waals surface area (Å²) < 4.78 is 32.4. The van der Waals surface area contributed by atoms with E-state index in [9.17, 15) is 13.2 Å². The van der Waals surface area contributed by atoms with Crippen molar-refractivity contribution in [2.75, 3.05) is 18.0 Å². The van der Waals surface area contributed by atoms with Crippen LogP contribution in [0.1, 0.15) is 40.5 Å². The van der Waals surface area contributed by atoms with Crippen LogP contribution in [0.5, 0.6) is 5.75 Å². The zero-order valence-electron chi connectivity index (χ0n) is 18.6. The molecule has 1 aliphatic rings. The number of rotatable bonds is 7. The van der Waals surface area contributed by atoms with Gasteiger partial charge in [0.05, 0.1) is 5.69 Å². The SMILES string of the molecule is CN(c1ccc(OCC(=O)NC2CC(C)(C)NC(C)(C)C2)cc1)S(=O)(=O)c1cccs1. The first-order valence-corrected chi connectivity index (χ1v) is 12.5. The molecule has 0 unspecified atom stereocenters. The second-order valence-corrected chi connectivity index (χ2v) is 12.4. The molecule has 0 aliphatic carbocycles. The van der Waals surface area contributed by atoms with Crippen molar-refractivity contribution >= 4 is 33.0 Å². The van der Waals surface area contributed by atoms with Crippen LogP contribution in [0.2, 0.25) is 0 Å². The number of nitrogens with zero attached hydrogens (tertiary/aromatic N) is 1. The van der Waals surface area contributed by atoms with E-state index in [-0.39, 0.29) is 33.8 Å². The molecule has 2 aromatic rings. The highest BCUT2D eigenvalue weighted by atomic mass is 32.2. The smallest absolute Gasteiger partial charge is 0.273 e. The average molecular weight is 466 g/mol. The summed E-state index contributed by atoms with van der Waals surface area (Å²) in [6.07, 6.45) is 1.70. The molecule has 1 aliphatic heterocycles. The van der Waals surface area contributed by atoms with Gasteiger partial charge in [-0.15, -0.1) is 11.3 Å². The summed E-state index contributed by atoms with van der Waals surface area (Å²) in [5.41, 5.74) is 0.418. The number of anilines is 1. The summed E-state index contributed by atoms with van der Waals surface area (Å²) in [4.78, 5) is 12.4. The fraction of sp³-hybridized carbons (Fsp3) is 0.500. The predicted octanol–water partition coefficient (Wildman–Crippen LogP) is 3.38. The minimum absolute atomic E-state index is 0.0497. The molecule has 0 saturated carbocycles. The van der Waals surface area contributed by atoms with Crippen molar-refractivity contribution in [1.29, 1.82) is 0 Å². The minimum Gasteiger partial charge on any atom is -0.484 e. The maximum atomic E-state index is 12.6. The highest BCUT2D eigenvalue weighted by molar-refractivity contribution is 7.94. The number of piperidine rings is 1. The van der Waals surface area contributed by atoms with E-state index in [1.54, 1.807) is 41.8 Å². The lowest BCUT2D eigenvalue weighted by molar-refractivity contribution is -0.124. The molecule has 1 amide bonds. The van der Waals surface area contributed by atoms with Gasteiger partial charge < -0.3 is 15.4 Å². The van der Waals surface area contributed by atoms with Gasteiger partial charge in [0.25, 0.3) is 15.9 Å². The van der Waals surface area contributed by atoms with Gasteiger partial charge >= 0.3 is 0 Å². The van der Waals surface area contributed by atoms with Gasteiger partial charge in [-0.05, 0) is 76.2 Å². The Morgan fingerprint density at radius 1 is 1.16 bits per heavy atom. The van der Waals surface area contributed by atoms with Crippen LogP contribution in [-0.2, 0) is 14.8 Å². The lowest BCUT2D eigenvalue weighted by Gasteiger charge is -2.46. The van der Waals surface area contributed by atoms with Gasteiger partial charge in [0.1, 0.15) is 9.96 Å². The third-order valence-electron chi connectivity index (χ3n) is 5.24. The molecule has 7 nitrogen and oxygen atoms in total. The molecule has 1 fully saturated rings. The summed E-state index contributed by atoms with van der Waals surface area (Å²) in [5.74, 6) is 0.340. The molecule has 0 spiro atoms. The normalized spacial score (nSPS) is 18.4. The van der Waals surface area contributed by atoms with Gasteiger partial charge in [0, 0.05) is 24.2 Å². The summed E-state index contributed by atoms with van der Waals surface area (Å²) in [5, 5.41) is 8.40. The van der Waals surface area contributed by atoms with Crippen molar-refractivity contribution in [1.82, 2.24) is 10.6 Å². The van der Waals surface area contributed by atoms with Crippen molar-refractivity contribution < 1.29 is 17.9 Å². The number of thiophene rings is 1. The number of amides is 1. The van der Waals surface area contributed by atoms with Crippen LogP contribution in [0.25, 0.3) is 0 Å². The number of ether oxygens (including phenoxy) is 1. The Morgan fingerprint density at radius 3 is 2.32 bits per heavy atom. The lowest BCUT2D eigenvalue weighted by Crippen LogP contribution is -2.62. The summed E-state index contributed by atoms with van der Waals surface area (Å²) in [6, 6.07) is 10.0. The fourth-order valence-electron chi connectivity index (χ4n) is 4.28. The van der Waals surface area contributed by atoms with Crippen LogP contribution in [0.4, 0.5) is 5.69 Å². The molecule has 170 valence electrons. The quantitative estimate of drug-likeness (QED) is 0.655. The van der Waals surface area contributed by atoms with Crippen LogP contribution in [-0.4, -0.2) is 45.1 Å². The molecule has 9 heteroatoms. The molecule has 3 rings (SSSR count). The monoisotopic (exact) mass is 465 g/mol. The van der Waals surface area contributed by atoms with E-state index < -0.39 is 10.0 Å². The first kappa shape index (κ1) is 23.6. The minimum atomic E-state index is -3.58. The average Bonchev–Trinajstić information content (AvgIpc) is 3.19. The number of hydrogen-bond donors (Lipinski definition) is 2. The molecule has 31 heavy (non-hydrogen) atoms. The van der Waals surface area contributed by atoms with Gasteiger partial charge in [-0.3, -0.25) is 9.10 Å². The zero-order chi connectivity index (χ0) is 22.9. The van der Waals surface area contributed by atoms with Crippen molar-refractivity contribution in [3.05, 3.63) is 41.8 Å². The first-order valence-electron chi connectivity index (χ1n) is 10.2. The Kier molecular flexibility index (Phi) is 6.69. The number of carbonyl (C=O) groups is 1. The van der Waals surface area contributed by atoms with Crippen molar-refractivity contribution in [3.63, 3.8) is 0 Å². The summed E-state index contributed by atoms with van der Waals surface area (Å²) >= 11 is 1.18. The lowest BCUT2D eigenvalue weighted by atomic mass is 9.79. The van der Waals surface area contributed by atoms with Crippen molar-refractivity contribution in [2.45, 2.75) is 61.9 Å². The number of benzene rings is 1. The van der Waals surface area contributed by atoms with Crippen LogP contribution in [0.3, 0.4) is 0 Å². The van der Waals surface area contributed by atoms with E-state index in [0.717, 1.165) is 12.8 Å². The molecule has 1 aromatic carbocycles. The fourth-order valence-corrected chi connectivity index (χ4v) is 6.64. The van der Waals surface area contributed by atoms with Gasteiger partial charge in [-0.25, -0.2) is 8.42 Å².